The fourth-order valence-electron chi connectivity index (χ4n) is 2.25. The second-order valence-electron chi connectivity index (χ2n) is 5.29. The average molecular weight is 311 g/mol. The zero-order valence-electron chi connectivity index (χ0n) is 13.0. The molecule has 2 radical (unpaired) electrons. The van der Waals surface area contributed by atoms with Gasteiger partial charge in [0, 0.05) is 0 Å². The predicted molar refractivity (Wildman–Crippen MR) is 88.4 cm³/mol. The van der Waals surface area contributed by atoms with E-state index in [1.807, 2.05) is 31.2 Å². The molecule has 0 aliphatic heterocycles. The number of hydrogen-bond donors (Lipinski definition) is 3. The SMILES string of the molecule is [B]c1cc(C(NC)C(=O)O)cc(O)c1OCc1ccc(C)cc1. The summed E-state index contributed by atoms with van der Waals surface area (Å²) in [7, 11) is 7.42. The number of nitrogens with one attached hydrogen (secondary N) is 1. The van der Waals surface area contributed by atoms with Crippen LogP contribution >= 0.6 is 0 Å². The molecular weight excluding hydrogens is 293 g/mol. The molecule has 0 spiro atoms. The van der Waals surface area contributed by atoms with E-state index in [0.717, 1.165) is 11.1 Å². The van der Waals surface area contributed by atoms with Gasteiger partial charge in [-0.2, -0.15) is 0 Å². The van der Waals surface area contributed by atoms with Crippen molar-refractivity contribution in [2.45, 2.75) is 19.6 Å². The Balaban J connectivity index is 2.20. The van der Waals surface area contributed by atoms with Crippen molar-refractivity contribution in [1.82, 2.24) is 5.32 Å². The van der Waals surface area contributed by atoms with Gasteiger partial charge < -0.3 is 20.3 Å². The van der Waals surface area contributed by atoms with Crippen molar-refractivity contribution in [3.8, 4) is 11.5 Å². The van der Waals surface area contributed by atoms with E-state index in [2.05, 4.69) is 5.32 Å². The van der Waals surface area contributed by atoms with Crippen LogP contribution in [0.25, 0.3) is 0 Å². The van der Waals surface area contributed by atoms with E-state index in [1.54, 1.807) is 0 Å². The molecule has 118 valence electrons. The molecule has 3 N–H and O–H groups in total. The zero-order valence-corrected chi connectivity index (χ0v) is 13.0. The van der Waals surface area contributed by atoms with Crippen molar-refractivity contribution in [2.24, 2.45) is 0 Å². The summed E-state index contributed by atoms with van der Waals surface area (Å²) < 4.78 is 5.58. The summed E-state index contributed by atoms with van der Waals surface area (Å²) in [5.41, 5.74) is 2.63. The number of phenolic OH excluding ortho intramolecular Hbond substituents is 1. The first-order valence-electron chi connectivity index (χ1n) is 7.13. The lowest BCUT2D eigenvalue weighted by Crippen LogP contribution is -2.26. The Bertz CT molecular complexity index is 677. The molecule has 2 aromatic carbocycles. The highest BCUT2D eigenvalue weighted by atomic mass is 16.5. The van der Waals surface area contributed by atoms with Crippen LogP contribution < -0.4 is 15.5 Å². The molecule has 6 heteroatoms. The molecule has 0 aliphatic carbocycles. The highest BCUT2D eigenvalue weighted by Gasteiger charge is 2.20. The Morgan fingerprint density at radius 1 is 1.30 bits per heavy atom. The lowest BCUT2D eigenvalue weighted by molar-refractivity contribution is -0.139. The molecular formula is C17H18BNO4. The molecule has 5 nitrogen and oxygen atoms in total. The lowest BCUT2D eigenvalue weighted by atomic mass is 9.90. The first-order valence-corrected chi connectivity index (χ1v) is 7.13. The van der Waals surface area contributed by atoms with E-state index in [0.29, 0.717) is 5.56 Å². The number of phenols is 1. The number of ether oxygens (including phenoxy) is 1. The molecule has 1 unspecified atom stereocenters. The van der Waals surface area contributed by atoms with Gasteiger partial charge in [-0.3, -0.25) is 4.79 Å². The molecule has 0 heterocycles. The number of benzene rings is 2. The number of carboxylic acids is 1. The minimum Gasteiger partial charge on any atom is -0.504 e. The van der Waals surface area contributed by atoms with Crippen LogP contribution in [-0.4, -0.2) is 31.1 Å². The molecule has 1 atom stereocenters. The van der Waals surface area contributed by atoms with Crippen LogP contribution in [0.5, 0.6) is 11.5 Å². The number of aromatic hydroxyl groups is 1. The molecule has 2 rings (SSSR count). The Labute approximate surface area is 136 Å². The maximum absolute atomic E-state index is 11.2. The summed E-state index contributed by atoms with van der Waals surface area (Å²) in [6.07, 6.45) is 0. The maximum atomic E-state index is 11.2. The molecule has 0 fully saturated rings. The van der Waals surface area contributed by atoms with Crippen LogP contribution in [0.2, 0.25) is 0 Å². The molecule has 0 bridgehead atoms. The smallest absolute Gasteiger partial charge is 0.325 e. The van der Waals surface area contributed by atoms with Gasteiger partial charge in [0.15, 0.2) is 11.5 Å². The van der Waals surface area contributed by atoms with Crippen LogP contribution in [0.4, 0.5) is 0 Å². The summed E-state index contributed by atoms with van der Waals surface area (Å²) >= 11 is 0. The lowest BCUT2D eigenvalue weighted by Gasteiger charge is -2.17. The molecule has 0 saturated heterocycles. The normalized spacial score (nSPS) is 11.9. The minimum absolute atomic E-state index is 0.148. The van der Waals surface area contributed by atoms with Gasteiger partial charge >= 0.3 is 5.97 Å². The minimum atomic E-state index is -1.06. The van der Waals surface area contributed by atoms with Gasteiger partial charge in [0.2, 0.25) is 0 Å². The second kappa shape index (κ2) is 7.20. The average Bonchev–Trinajstić information content (AvgIpc) is 2.48. The van der Waals surface area contributed by atoms with Crippen LogP contribution in [0.3, 0.4) is 0 Å². The van der Waals surface area contributed by atoms with Gasteiger partial charge in [-0.05, 0) is 31.2 Å². The summed E-state index contributed by atoms with van der Waals surface area (Å²) in [5, 5.41) is 21.9. The number of aryl methyl sites for hydroxylation is 1. The Kier molecular flexibility index (Phi) is 5.29. The van der Waals surface area contributed by atoms with E-state index >= 15 is 0 Å². The van der Waals surface area contributed by atoms with Gasteiger partial charge in [0.1, 0.15) is 20.5 Å². The van der Waals surface area contributed by atoms with Gasteiger partial charge in [0.25, 0.3) is 0 Å². The second-order valence-corrected chi connectivity index (χ2v) is 5.29. The van der Waals surface area contributed by atoms with E-state index < -0.39 is 12.0 Å². The molecule has 0 aromatic heterocycles. The number of aliphatic carboxylic acids is 1. The van der Waals surface area contributed by atoms with Gasteiger partial charge in [-0.15, -0.1) is 0 Å². The van der Waals surface area contributed by atoms with Crippen molar-refractivity contribution in [3.05, 3.63) is 53.1 Å². The fourth-order valence-corrected chi connectivity index (χ4v) is 2.25. The summed E-state index contributed by atoms with van der Waals surface area (Å²) in [6, 6.07) is 9.67. The van der Waals surface area contributed by atoms with E-state index in [9.17, 15) is 9.90 Å². The molecule has 0 saturated carbocycles. The third-order valence-electron chi connectivity index (χ3n) is 3.49. The van der Waals surface area contributed by atoms with Crippen molar-refractivity contribution >= 4 is 19.3 Å². The number of rotatable bonds is 6. The van der Waals surface area contributed by atoms with Gasteiger partial charge in [-0.1, -0.05) is 41.4 Å². The first kappa shape index (κ1) is 16.9. The van der Waals surface area contributed by atoms with Crippen LogP contribution in [0.1, 0.15) is 22.7 Å². The third kappa shape index (κ3) is 4.04. The molecule has 0 amide bonds. The number of carbonyl (C=O) groups is 1. The fraction of sp³-hybridized carbons (Fsp3) is 0.235. The monoisotopic (exact) mass is 311 g/mol. The number of likely N-dealkylation sites (N-methyl/N-ethyl adjacent to an activating group) is 1. The van der Waals surface area contributed by atoms with Crippen molar-refractivity contribution < 1.29 is 19.7 Å². The van der Waals surface area contributed by atoms with Crippen LogP contribution in [0.15, 0.2) is 36.4 Å². The summed E-state index contributed by atoms with van der Waals surface area (Å²) in [6.45, 7) is 2.25. The van der Waals surface area contributed by atoms with Crippen LogP contribution in [-0.2, 0) is 11.4 Å². The largest absolute Gasteiger partial charge is 0.504 e. The van der Waals surface area contributed by atoms with E-state index in [-0.39, 0.29) is 23.6 Å². The summed E-state index contributed by atoms with van der Waals surface area (Å²) in [4.78, 5) is 11.2. The van der Waals surface area contributed by atoms with E-state index in [1.165, 1.54) is 19.2 Å². The van der Waals surface area contributed by atoms with E-state index in [4.69, 9.17) is 17.7 Å². The van der Waals surface area contributed by atoms with Crippen LogP contribution in [0, 0.1) is 6.92 Å². The highest BCUT2D eigenvalue weighted by molar-refractivity contribution is 6.34. The summed E-state index contributed by atoms with van der Waals surface area (Å²) in [5.74, 6) is -1.09. The standard InChI is InChI=1S/C17H18BNO4/c1-10-3-5-11(6-4-10)9-23-16-13(18)7-12(8-14(16)20)15(19-2)17(21)22/h3-8,15,19-20H,9H2,1-2H3,(H,21,22). The van der Waals surface area contributed by atoms with Crippen molar-refractivity contribution in [2.75, 3.05) is 7.05 Å². The first-order chi connectivity index (χ1) is 10.9. The van der Waals surface area contributed by atoms with Gasteiger partial charge in [0.05, 0.1) is 0 Å². The molecule has 2 aromatic rings. The van der Waals surface area contributed by atoms with Crippen molar-refractivity contribution in [1.29, 1.82) is 0 Å². The Morgan fingerprint density at radius 2 is 1.96 bits per heavy atom. The van der Waals surface area contributed by atoms with Gasteiger partial charge in [-0.25, -0.2) is 0 Å². The quantitative estimate of drug-likeness (QED) is 0.703. The van der Waals surface area contributed by atoms with Crippen molar-refractivity contribution in [3.63, 3.8) is 0 Å². The topological polar surface area (TPSA) is 78.8 Å². The third-order valence-corrected chi connectivity index (χ3v) is 3.49. The predicted octanol–water partition coefficient (Wildman–Crippen LogP) is 1.42. The Morgan fingerprint density at radius 3 is 2.48 bits per heavy atom. The Hall–Kier alpha value is -2.47. The zero-order chi connectivity index (χ0) is 17.0. The number of hydrogen-bond acceptors (Lipinski definition) is 4. The molecule has 23 heavy (non-hydrogen) atoms. The number of carboxylic acid groups (broad SMARTS) is 1. The maximum Gasteiger partial charge on any atom is 0.325 e. The molecule has 0 aliphatic rings. The highest BCUT2D eigenvalue weighted by Crippen LogP contribution is 2.28.